The number of hydrogen-bond donors (Lipinski definition) is 0. The average Bonchev–Trinajstić information content (AvgIpc) is 2.38. The topological polar surface area (TPSA) is 54.5 Å². The predicted molar refractivity (Wildman–Crippen MR) is 75.2 cm³/mol. The smallest absolute Gasteiger partial charge is 0.255 e. The molecule has 1 amide bonds. The minimum absolute atomic E-state index is 0.127. The number of rotatable bonds is 2. The van der Waals surface area contributed by atoms with Crippen LogP contribution in [-0.2, 0) is 9.84 Å². The summed E-state index contributed by atoms with van der Waals surface area (Å²) in [7, 11) is -3.01. The molecule has 1 fully saturated rings. The molecule has 0 spiro atoms. The quantitative estimate of drug-likeness (QED) is 0.839. The second-order valence-electron chi connectivity index (χ2n) is 4.80. The summed E-state index contributed by atoms with van der Waals surface area (Å²) in [5.74, 6) is -0.127. The van der Waals surface area contributed by atoms with Gasteiger partial charge in [0.15, 0.2) is 0 Å². The van der Waals surface area contributed by atoms with Crippen molar-refractivity contribution in [3.8, 4) is 0 Å². The zero-order chi connectivity index (χ0) is 14.0. The van der Waals surface area contributed by atoms with Crippen LogP contribution in [0.4, 0.5) is 0 Å². The highest BCUT2D eigenvalue weighted by molar-refractivity contribution is 7.91. The van der Waals surface area contributed by atoms with Crippen LogP contribution < -0.4 is 0 Å². The molecule has 1 saturated heterocycles. The van der Waals surface area contributed by atoms with Crippen molar-refractivity contribution in [2.24, 2.45) is 0 Å². The number of carbonyl (C=O) groups excluding carboxylic acids is 1. The fourth-order valence-electron chi connectivity index (χ4n) is 2.29. The molecule has 1 aliphatic rings. The van der Waals surface area contributed by atoms with E-state index < -0.39 is 9.84 Å². The highest BCUT2D eigenvalue weighted by Gasteiger charge is 2.29. The van der Waals surface area contributed by atoms with Crippen molar-refractivity contribution >= 4 is 27.3 Å². The van der Waals surface area contributed by atoms with Crippen molar-refractivity contribution in [3.05, 3.63) is 34.9 Å². The number of nitrogens with zero attached hydrogens (tertiary/aromatic N) is 1. The second kappa shape index (κ2) is 5.51. The highest BCUT2D eigenvalue weighted by Crippen LogP contribution is 2.22. The van der Waals surface area contributed by atoms with Crippen molar-refractivity contribution in [1.82, 2.24) is 4.90 Å². The summed E-state index contributed by atoms with van der Waals surface area (Å²) >= 11 is 6.00. The van der Waals surface area contributed by atoms with Crippen LogP contribution in [0, 0.1) is 0 Å². The Labute approximate surface area is 118 Å². The number of likely N-dealkylation sites (tertiary alicyclic amines) is 1. The first-order valence-corrected chi connectivity index (χ1v) is 8.45. The van der Waals surface area contributed by atoms with Crippen LogP contribution in [0.1, 0.15) is 23.2 Å². The maximum atomic E-state index is 12.3. The van der Waals surface area contributed by atoms with E-state index in [9.17, 15) is 13.2 Å². The second-order valence-corrected chi connectivity index (χ2v) is 7.53. The Balaban J connectivity index is 2.07. The number of piperidine rings is 1. The van der Waals surface area contributed by atoms with Gasteiger partial charge >= 0.3 is 0 Å². The summed E-state index contributed by atoms with van der Waals surface area (Å²) < 4.78 is 22.9. The van der Waals surface area contributed by atoms with E-state index in [0.29, 0.717) is 36.5 Å². The van der Waals surface area contributed by atoms with Gasteiger partial charge in [-0.2, -0.15) is 0 Å². The van der Waals surface area contributed by atoms with Gasteiger partial charge in [-0.15, -0.1) is 0 Å². The summed E-state index contributed by atoms with van der Waals surface area (Å²) in [5.41, 5.74) is 0.474. The molecule has 1 heterocycles. The van der Waals surface area contributed by atoms with E-state index in [1.807, 2.05) is 0 Å². The Morgan fingerprint density at radius 3 is 2.37 bits per heavy atom. The molecular weight excluding hydrogens is 286 g/mol. The number of hydrogen-bond acceptors (Lipinski definition) is 3. The number of amides is 1. The van der Waals surface area contributed by atoms with Crippen LogP contribution in [0.3, 0.4) is 0 Å². The number of sulfone groups is 1. The van der Waals surface area contributed by atoms with E-state index in [1.54, 1.807) is 29.2 Å². The van der Waals surface area contributed by atoms with Crippen LogP contribution >= 0.6 is 11.6 Å². The maximum Gasteiger partial charge on any atom is 0.255 e. The third-order valence-electron chi connectivity index (χ3n) is 3.44. The normalized spacial score (nSPS) is 17.5. The van der Waals surface area contributed by atoms with Gasteiger partial charge in [0.25, 0.3) is 5.91 Å². The summed E-state index contributed by atoms with van der Waals surface area (Å²) in [6.07, 6.45) is 2.24. The molecule has 2 rings (SSSR count). The van der Waals surface area contributed by atoms with Crippen LogP contribution in [0.5, 0.6) is 0 Å². The molecule has 0 saturated carbocycles. The summed E-state index contributed by atoms with van der Waals surface area (Å²) in [5, 5.41) is 0.0977. The molecule has 0 radical (unpaired) electrons. The molecule has 104 valence electrons. The Morgan fingerprint density at radius 2 is 1.84 bits per heavy atom. The monoisotopic (exact) mass is 301 g/mol. The Kier molecular flexibility index (Phi) is 4.16. The van der Waals surface area contributed by atoms with Crippen LogP contribution in [0.25, 0.3) is 0 Å². The first kappa shape index (κ1) is 14.3. The zero-order valence-corrected chi connectivity index (χ0v) is 12.2. The Morgan fingerprint density at radius 1 is 1.26 bits per heavy atom. The lowest BCUT2D eigenvalue weighted by molar-refractivity contribution is 0.0726. The summed E-state index contributed by atoms with van der Waals surface area (Å²) in [6, 6.07) is 6.91. The van der Waals surface area contributed by atoms with E-state index in [0.717, 1.165) is 0 Å². The molecule has 19 heavy (non-hydrogen) atoms. The molecule has 0 unspecified atom stereocenters. The lowest BCUT2D eigenvalue weighted by Crippen LogP contribution is -2.42. The Bertz CT molecular complexity index is 577. The van der Waals surface area contributed by atoms with Crippen LogP contribution in [0.15, 0.2) is 24.3 Å². The van der Waals surface area contributed by atoms with Crippen molar-refractivity contribution < 1.29 is 13.2 Å². The van der Waals surface area contributed by atoms with Crippen molar-refractivity contribution in [2.75, 3.05) is 19.3 Å². The molecule has 0 aliphatic carbocycles. The third-order valence-corrected chi connectivity index (χ3v) is 5.45. The highest BCUT2D eigenvalue weighted by atomic mass is 35.5. The molecule has 0 atom stereocenters. The van der Waals surface area contributed by atoms with E-state index in [4.69, 9.17) is 11.6 Å². The SMILES string of the molecule is CS(=O)(=O)C1CCN(C(=O)c2ccccc2Cl)CC1. The molecule has 1 aromatic carbocycles. The number of benzene rings is 1. The van der Waals surface area contributed by atoms with Gasteiger partial charge in [-0.3, -0.25) is 4.79 Å². The fraction of sp³-hybridized carbons (Fsp3) is 0.462. The van der Waals surface area contributed by atoms with Crippen molar-refractivity contribution in [1.29, 1.82) is 0 Å². The minimum atomic E-state index is -3.01. The summed E-state index contributed by atoms with van der Waals surface area (Å²) in [4.78, 5) is 13.9. The third kappa shape index (κ3) is 3.28. The maximum absolute atomic E-state index is 12.3. The van der Waals surface area contributed by atoms with Gasteiger partial charge < -0.3 is 4.90 Å². The molecule has 6 heteroatoms. The van der Waals surface area contributed by atoms with Gasteiger partial charge in [-0.1, -0.05) is 23.7 Å². The standard InChI is InChI=1S/C13H16ClNO3S/c1-19(17,18)10-6-8-15(9-7-10)13(16)11-4-2-3-5-12(11)14/h2-5,10H,6-9H2,1H3. The zero-order valence-electron chi connectivity index (χ0n) is 10.7. The molecular formula is C13H16ClNO3S. The number of halogens is 1. The Hall–Kier alpha value is -1.07. The molecule has 0 aromatic heterocycles. The lowest BCUT2D eigenvalue weighted by Gasteiger charge is -2.31. The van der Waals surface area contributed by atoms with E-state index in [2.05, 4.69) is 0 Å². The van der Waals surface area contributed by atoms with Crippen molar-refractivity contribution in [3.63, 3.8) is 0 Å². The van der Waals surface area contributed by atoms with Crippen molar-refractivity contribution in [2.45, 2.75) is 18.1 Å². The molecule has 4 nitrogen and oxygen atoms in total. The lowest BCUT2D eigenvalue weighted by atomic mass is 10.1. The van der Waals surface area contributed by atoms with Gasteiger partial charge in [0.2, 0.25) is 0 Å². The van der Waals surface area contributed by atoms with E-state index in [-0.39, 0.29) is 11.2 Å². The molecule has 0 bridgehead atoms. The van der Waals surface area contributed by atoms with Gasteiger partial charge in [0, 0.05) is 19.3 Å². The average molecular weight is 302 g/mol. The van der Waals surface area contributed by atoms with E-state index >= 15 is 0 Å². The van der Waals surface area contributed by atoms with Crippen LogP contribution in [0.2, 0.25) is 5.02 Å². The first-order chi connectivity index (χ1) is 8.89. The van der Waals surface area contributed by atoms with Gasteiger partial charge in [0.1, 0.15) is 9.84 Å². The first-order valence-electron chi connectivity index (χ1n) is 6.12. The molecule has 0 N–H and O–H groups in total. The largest absolute Gasteiger partial charge is 0.339 e. The molecule has 1 aromatic rings. The van der Waals surface area contributed by atoms with Gasteiger partial charge in [-0.05, 0) is 25.0 Å². The predicted octanol–water partition coefficient (Wildman–Crippen LogP) is 1.99. The van der Waals surface area contributed by atoms with Gasteiger partial charge in [0.05, 0.1) is 15.8 Å². The van der Waals surface area contributed by atoms with Crippen LogP contribution in [-0.4, -0.2) is 43.8 Å². The molecule has 1 aliphatic heterocycles. The van der Waals surface area contributed by atoms with E-state index in [1.165, 1.54) is 6.26 Å². The number of carbonyl (C=O) groups is 1. The fourth-order valence-corrected chi connectivity index (χ4v) is 3.58. The van der Waals surface area contributed by atoms with Gasteiger partial charge in [-0.25, -0.2) is 8.42 Å². The minimum Gasteiger partial charge on any atom is -0.339 e. The summed E-state index contributed by atoms with van der Waals surface area (Å²) in [6.45, 7) is 0.920.